The van der Waals surface area contributed by atoms with Gasteiger partial charge in [-0.2, -0.15) is 0 Å². The Balaban J connectivity index is 2.66. The number of hydrogen-bond donors (Lipinski definition) is 0. The van der Waals surface area contributed by atoms with Crippen molar-refractivity contribution in [3.8, 4) is 0 Å². The number of rotatable bonds is 6. The Bertz CT molecular complexity index is 283. The first-order chi connectivity index (χ1) is 8.55. The van der Waals surface area contributed by atoms with Crippen molar-refractivity contribution in [2.75, 3.05) is 6.61 Å². The molecule has 0 aromatic carbocycles. The highest BCUT2D eigenvalue weighted by atomic mass is 16.5. The molecule has 1 aliphatic rings. The molecule has 0 radical (unpaired) electrons. The fraction of sp³-hybridized carbons (Fsp3) is 0.812. The molecule has 1 aliphatic carbocycles. The zero-order valence-corrected chi connectivity index (χ0v) is 12.3. The van der Waals surface area contributed by atoms with Crippen molar-refractivity contribution < 1.29 is 9.53 Å². The monoisotopic (exact) mass is 252 g/mol. The van der Waals surface area contributed by atoms with E-state index in [0.29, 0.717) is 12.2 Å². The maximum atomic E-state index is 11.6. The van der Waals surface area contributed by atoms with Crippen molar-refractivity contribution in [3.05, 3.63) is 12.2 Å². The van der Waals surface area contributed by atoms with Gasteiger partial charge in [-0.25, -0.2) is 4.79 Å². The van der Waals surface area contributed by atoms with Crippen LogP contribution in [-0.4, -0.2) is 12.6 Å². The van der Waals surface area contributed by atoms with Gasteiger partial charge in [0.15, 0.2) is 0 Å². The molecule has 1 saturated carbocycles. The van der Waals surface area contributed by atoms with Crippen LogP contribution >= 0.6 is 0 Å². The van der Waals surface area contributed by atoms with Crippen molar-refractivity contribution in [3.63, 3.8) is 0 Å². The molecule has 2 heteroatoms. The molecule has 1 rings (SSSR count). The van der Waals surface area contributed by atoms with E-state index in [1.165, 1.54) is 32.1 Å². The molecule has 0 N–H and O–H groups in total. The Hall–Kier alpha value is -0.790. The largest absolute Gasteiger partial charge is 0.462 e. The molecule has 0 spiro atoms. The highest BCUT2D eigenvalue weighted by Gasteiger charge is 2.37. The van der Waals surface area contributed by atoms with Crippen LogP contribution in [0.4, 0.5) is 0 Å². The number of carbonyl (C=O) groups excluding carboxylic acids is 1. The van der Waals surface area contributed by atoms with E-state index in [1.54, 1.807) is 6.92 Å². The first-order valence-corrected chi connectivity index (χ1v) is 7.38. The molecule has 104 valence electrons. The van der Waals surface area contributed by atoms with E-state index in [-0.39, 0.29) is 11.4 Å². The first-order valence-electron chi connectivity index (χ1n) is 7.38. The molecule has 0 bridgehead atoms. The Morgan fingerprint density at radius 2 is 1.78 bits per heavy atom. The third kappa shape index (κ3) is 3.60. The zero-order chi connectivity index (χ0) is 13.6. The van der Waals surface area contributed by atoms with Gasteiger partial charge < -0.3 is 4.74 Å². The lowest BCUT2D eigenvalue weighted by Crippen LogP contribution is -2.36. The molecule has 0 aromatic heterocycles. The normalized spacial score (nSPS) is 17.5. The fourth-order valence-corrected chi connectivity index (χ4v) is 3.20. The summed E-state index contributed by atoms with van der Waals surface area (Å²) in [5, 5.41) is 0. The Morgan fingerprint density at radius 3 is 2.22 bits per heavy atom. The van der Waals surface area contributed by atoms with Crippen molar-refractivity contribution in [2.45, 2.75) is 65.7 Å². The maximum absolute atomic E-state index is 11.6. The van der Waals surface area contributed by atoms with Gasteiger partial charge in [0.25, 0.3) is 0 Å². The molecule has 0 saturated heterocycles. The summed E-state index contributed by atoms with van der Waals surface area (Å²) in [5.74, 6) is 0.483. The van der Waals surface area contributed by atoms with E-state index in [0.717, 1.165) is 18.8 Å². The van der Waals surface area contributed by atoms with Gasteiger partial charge in [0.1, 0.15) is 0 Å². The van der Waals surface area contributed by atoms with Gasteiger partial charge >= 0.3 is 5.97 Å². The third-order valence-corrected chi connectivity index (χ3v) is 4.72. The van der Waals surface area contributed by atoms with Gasteiger partial charge in [0.2, 0.25) is 0 Å². The second-order valence-corrected chi connectivity index (χ2v) is 5.76. The van der Waals surface area contributed by atoms with Gasteiger partial charge in [-0.15, -0.1) is 0 Å². The minimum absolute atomic E-state index is 0.186. The van der Waals surface area contributed by atoms with Crippen molar-refractivity contribution >= 4 is 5.97 Å². The second-order valence-electron chi connectivity index (χ2n) is 5.76. The van der Waals surface area contributed by atoms with Crippen LogP contribution in [0.3, 0.4) is 0 Å². The topological polar surface area (TPSA) is 26.3 Å². The quantitative estimate of drug-likeness (QED) is 0.514. The maximum Gasteiger partial charge on any atom is 0.333 e. The Labute approximate surface area is 112 Å². The van der Waals surface area contributed by atoms with Gasteiger partial charge in [-0.1, -0.05) is 39.7 Å². The molecule has 0 atom stereocenters. The highest BCUT2D eigenvalue weighted by molar-refractivity contribution is 5.86. The van der Waals surface area contributed by atoms with Gasteiger partial charge in [0, 0.05) is 11.0 Å². The summed E-state index contributed by atoms with van der Waals surface area (Å²) in [6, 6.07) is 0. The SMILES string of the molecule is C=C(C)C(=O)OCC(CC)(CC)C1CCCCC1. The minimum Gasteiger partial charge on any atom is -0.462 e. The standard InChI is InChI=1S/C16H28O2/c1-5-16(6-2,12-18-15(17)13(3)4)14-10-8-7-9-11-14/h14H,3,5-12H2,1-2,4H3. The van der Waals surface area contributed by atoms with E-state index in [2.05, 4.69) is 20.4 Å². The number of hydrogen-bond acceptors (Lipinski definition) is 2. The van der Waals surface area contributed by atoms with Gasteiger partial charge in [0.05, 0.1) is 6.61 Å². The molecule has 0 aliphatic heterocycles. The van der Waals surface area contributed by atoms with E-state index in [9.17, 15) is 4.79 Å². The lowest BCUT2D eigenvalue weighted by molar-refractivity contribution is -0.144. The molecule has 0 aromatic rings. The average Bonchev–Trinajstić information content (AvgIpc) is 2.41. The predicted octanol–water partition coefficient (Wildman–Crippen LogP) is 4.49. The van der Waals surface area contributed by atoms with Crippen LogP contribution in [0.25, 0.3) is 0 Å². The Morgan fingerprint density at radius 1 is 1.22 bits per heavy atom. The smallest absolute Gasteiger partial charge is 0.333 e. The van der Waals surface area contributed by atoms with Crippen LogP contribution in [0.2, 0.25) is 0 Å². The fourth-order valence-electron chi connectivity index (χ4n) is 3.20. The van der Waals surface area contributed by atoms with Crippen LogP contribution in [0.15, 0.2) is 12.2 Å². The number of ether oxygens (including phenoxy) is 1. The Kier molecular flexibility index (Phi) is 5.90. The summed E-state index contributed by atoms with van der Waals surface area (Å²) >= 11 is 0. The molecule has 0 amide bonds. The molecular formula is C16H28O2. The van der Waals surface area contributed by atoms with Crippen LogP contribution in [-0.2, 0) is 9.53 Å². The molecular weight excluding hydrogens is 224 g/mol. The first kappa shape index (κ1) is 15.3. The van der Waals surface area contributed by atoms with E-state index in [1.807, 2.05) is 0 Å². The van der Waals surface area contributed by atoms with Crippen LogP contribution in [0, 0.1) is 11.3 Å². The van der Waals surface area contributed by atoms with Crippen molar-refractivity contribution in [1.82, 2.24) is 0 Å². The van der Waals surface area contributed by atoms with Crippen LogP contribution in [0.5, 0.6) is 0 Å². The van der Waals surface area contributed by atoms with Crippen molar-refractivity contribution in [2.24, 2.45) is 11.3 Å². The molecule has 2 nitrogen and oxygen atoms in total. The summed E-state index contributed by atoms with van der Waals surface area (Å²) < 4.78 is 5.47. The van der Waals surface area contributed by atoms with Gasteiger partial charge in [-0.05, 0) is 38.5 Å². The molecule has 0 unspecified atom stereocenters. The summed E-state index contributed by atoms with van der Waals surface area (Å²) in [4.78, 5) is 11.6. The van der Waals surface area contributed by atoms with Crippen LogP contribution < -0.4 is 0 Å². The summed E-state index contributed by atoms with van der Waals surface area (Å²) in [5.41, 5.74) is 0.686. The summed E-state index contributed by atoms with van der Waals surface area (Å²) in [7, 11) is 0. The van der Waals surface area contributed by atoms with Gasteiger partial charge in [-0.3, -0.25) is 0 Å². The van der Waals surface area contributed by atoms with Crippen LogP contribution in [0.1, 0.15) is 65.7 Å². The summed E-state index contributed by atoms with van der Waals surface area (Å²) in [6.45, 7) is 10.4. The van der Waals surface area contributed by atoms with E-state index < -0.39 is 0 Å². The zero-order valence-electron chi connectivity index (χ0n) is 12.3. The lowest BCUT2D eigenvalue weighted by Gasteiger charge is -2.41. The lowest BCUT2D eigenvalue weighted by atomic mass is 9.66. The molecule has 18 heavy (non-hydrogen) atoms. The number of carbonyl (C=O) groups is 1. The third-order valence-electron chi connectivity index (χ3n) is 4.72. The number of esters is 1. The summed E-state index contributed by atoms with van der Waals surface area (Å²) in [6.07, 6.45) is 8.82. The minimum atomic E-state index is -0.239. The average molecular weight is 252 g/mol. The van der Waals surface area contributed by atoms with E-state index in [4.69, 9.17) is 4.74 Å². The molecule has 1 fully saturated rings. The molecule has 0 heterocycles. The van der Waals surface area contributed by atoms with Crippen molar-refractivity contribution in [1.29, 1.82) is 0 Å². The predicted molar refractivity (Wildman–Crippen MR) is 75.4 cm³/mol. The highest BCUT2D eigenvalue weighted by Crippen LogP contribution is 2.43. The second kappa shape index (κ2) is 6.96. The van der Waals surface area contributed by atoms with E-state index >= 15 is 0 Å².